The van der Waals surface area contributed by atoms with Gasteiger partial charge in [0.1, 0.15) is 22.4 Å². The second-order valence-corrected chi connectivity index (χ2v) is 2.63. The Hall–Kier alpha value is -1.04. The Labute approximate surface area is 80.0 Å². The van der Waals surface area contributed by atoms with Crippen LogP contribution in [0.25, 0.3) is 0 Å². The van der Waals surface area contributed by atoms with Crippen molar-refractivity contribution < 1.29 is 26.7 Å². The first-order chi connectivity index (χ1) is 6.29. The average Bonchev–Trinajstić information content (AvgIpc) is 1.96. The molecule has 0 unspecified atom stereocenters. The highest BCUT2D eigenvalue weighted by molar-refractivity contribution is 6.30. The summed E-state index contributed by atoms with van der Waals surface area (Å²) in [6.45, 7) is 0. The van der Waals surface area contributed by atoms with Crippen molar-refractivity contribution >= 4 is 11.6 Å². The topological polar surface area (TPSA) is 9.23 Å². The van der Waals surface area contributed by atoms with Gasteiger partial charge in [-0.2, -0.15) is 0 Å². The molecule has 14 heavy (non-hydrogen) atoms. The molecule has 0 fully saturated rings. The molecule has 78 valence electrons. The first-order valence-corrected chi connectivity index (χ1v) is 3.57. The molecule has 7 heteroatoms. The zero-order chi connectivity index (χ0) is 10.9. The smallest absolute Gasteiger partial charge is 0.406 e. The zero-order valence-electron chi connectivity index (χ0n) is 6.33. The molecule has 1 rings (SSSR count). The number of benzene rings is 1. The Morgan fingerprint density at radius 1 is 1.07 bits per heavy atom. The highest BCUT2D eigenvalue weighted by Gasteiger charge is 2.31. The van der Waals surface area contributed by atoms with Crippen molar-refractivity contribution in [3.05, 3.63) is 28.8 Å². The van der Waals surface area contributed by atoms with E-state index in [1.54, 1.807) is 0 Å². The van der Waals surface area contributed by atoms with Crippen LogP contribution in [0, 0.1) is 11.6 Å². The summed E-state index contributed by atoms with van der Waals surface area (Å²) in [5.41, 5.74) is 0. The molecular weight excluding hydrogens is 231 g/mol. The minimum Gasteiger partial charge on any atom is -0.406 e. The summed E-state index contributed by atoms with van der Waals surface area (Å²) in [7, 11) is 0. The molecule has 0 aliphatic heterocycles. The molecule has 0 atom stereocenters. The summed E-state index contributed by atoms with van der Waals surface area (Å²) in [4.78, 5) is 0. The number of rotatable bonds is 1. The molecule has 0 spiro atoms. The van der Waals surface area contributed by atoms with Crippen molar-refractivity contribution in [1.29, 1.82) is 0 Å². The molecule has 0 bridgehead atoms. The number of hydrogen-bond acceptors (Lipinski definition) is 1. The lowest BCUT2D eigenvalue weighted by molar-refractivity contribution is -0.274. The van der Waals surface area contributed by atoms with E-state index >= 15 is 0 Å². The summed E-state index contributed by atoms with van der Waals surface area (Å²) in [5, 5.41) is -0.875. The molecule has 0 radical (unpaired) electrons. The van der Waals surface area contributed by atoms with Gasteiger partial charge in [-0.05, 0) is 0 Å². The molecule has 0 saturated carbocycles. The maximum atomic E-state index is 12.6. The first-order valence-electron chi connectivity index (χ1n) is 3.20. The SMILES string of the molecule is Fc1cc(OC(F)(F)F)cc(F)c1Cl. The molecule has 0 aliphatic carbocycles. The van der Waals surface area contributed by atoms with Crippen LogP contribution in [-0.4, -0.2) is 6.36 Å². The van der Waals surface area contributed by atoms with Gasteiger partial charge in [-0.1, -0.05) is 11.6 Å². The van der Waals surface area contributed by atoms with E-state index in [0.29, 0.717) is 12.1 Å². The van der Waals surface area contributed by atoms with Crippen LogP contribution in [0.2, 0.25) is 5.02 Å². The molecule has 1 aromatic carbocycles. The Morgan fingerprint density at radius 3 is 1.86 bits per heavy atom. The van der Waals surface area contributed by atoms with Crippen molar-refractivity contribution in [2.45, 2.75) is 6.36 Å². The van der Waals surface area contributed by atoms with Crippen molar-refractivity contribution in [3.8, 4) is 5.75 Å². The Kier molecular flexibility index (Phi) is 2.84. The lowest BCUT2D eigenvalue weighted by atomic mass is 10.3. The molecule has 0 saturated heterocycles. The van der Waals surface area contributed by atoms with E-state index in [4.69, 9.17) is 11.6 Å². The average molecular weight is 233 g/mol. The minimum atomic E-state index is -4.99. The number of alkyl halides is 3. The third kappa shape index (κ3) is 2.73. The summed E-state index contributed by atoms with van der Waals surface area (Å²) in [6, 6.07) is 0.692. The summed E-state index contributed by atoms with van der Waals surface area (Å²) in [5.74, 6) is -3.62. The van der Waals surface area contributed by atoms with Gasteiger partial charge in [-0.25, -0.2) is 8.78 Å². The van der Waals surface area contributed by atoms with E-state index in [-0.39, 0.29) is 0 Å². The molecule has 0 amide bonds. The first kappa shape index (κ1) is 11.0. The number of halogens is 6. The highest BCUT2D eigenvalue weighted by Crippen LogP contribution is 2.28. The van der Waals surface area contributed by atoms with Crippen LogP contribution in [0.1, 0.15) is 0 Å². The van der Waals surface area contributed by atoms with E-state index < -0.39 is 28.8 Å². The van der Waals surface area contributed by atoms with Gasteiger partial charge >= 0.3 is 6.36 Å². The van der Waals surface area contributed by atoms with E-state index in [0.717, 1.165) is 0 Å². The predicted octanol–water partition coefficient (Wildman–Crippen LogP) is 3.52. The van der Waals surface area contributed by atoms with E-state index in [9.17, 15) is 22.0 Å². The lowest BCUT2D eigenvalue weighted by Crippen LogP contribution is -2.17. The summed E-state index contributed by atoms with van der Waals surface area (Å²) in [6.07, 6.45) is -4.99. The lowest BCUT2D eigenvalue weighted by Gasteiger charge is -2.09. The fourth-order valence-electron chi connectivity index (χ4n) is 0.725. The van der Waals surface area contributed by atoms with Gasteiger partial charge in [-0.15, -0.1) is 13.2 Å². The largest absolute Gasteiger partial charge is 0.573 e. The third-order valence-electron chi connectivity index (χ3n) is 1.19. The van der Waals surface area contributed by atoms with Crippen LogP contribution in [0.3, 0.4) is 0 Å². The van der Waals surface area contributed by atoms with E-state index in [1.165, 1.54) is 0 Å². The van der Waals surface area contributed by atoms with Crippen LogP contribution in [0.15, 0.2) is 12.1 Å². The van der Waals surface area contributed by atoms with Gasteiger partial charge in [0.2, 0.25) is 0 Å². The van der Waals surface area contributed by atoms with Crippen LogP contribution in [0.5, 0.6) is 5.75 Å². The second-order valence-electron chi connectivity index (χ2n) is 2.25. The van der Waals surface area contributed by atoms with Crippen LogP contribution < -0.4 is 4.74 Å². The Bertz CT molecular complexity index is 325. The molecule has 0 aromatic heterocycles. The monoisotopic (exact) mass is 232 g/mol. The number of ether oxygens (including phenoxy) is 1. The molecule has 1 aromatic rings. The van der Waals surface area contributed by atoms with Crippen LogP contribution in [-0.2, 0) is 0 Å². The Balaban J connectivity index is 3.02. The van der Waals surface area contributed by atoms with Crippen molar-refractivity contribution in [2.75, 3.05) is 0 Å². The normalized spacial score (nSPS) is 11.6. The minimum absolute atomic E-state index is 0.346. The van der Waals surface area contributed by atoms with Crippen molar-refractivity contribution in [2.24, 2.45) is 0 Å². The Morgan fingerprint density at radius 2 is 1.50 bits per heavy atom. The standard InChI is InChI=1S/C7H2ClF5O/c8-6-4(9)1-3(2-5(6)10)14-7(11,12)13/h1-2H. The fourth-order valence-corrected chi connectivity index (χ4v) is 0.834. The zero-order valence-corrected chi connectivity index (χ0v) is 7.09. The van der Waals surface area contributed by atoms with Gasteiger partial charge in [-0.3, -0.25) is 0 Å². The summed E-state index contributed by atoms with van der Waals surface area (Å²) >= 11 is 5.03. The fraction of sp³-hybridized carbons (Fsp3) is 0.143. The van der Waals surface area contributed by atoms with Gasteiger partial charge in [0, 0.05) is 12.1 Å². The maximum absolute atomic E-state index is 12.6. The molecular formula is C7H2ClF5O. The molecule has 0 heterocycles. The van der Waals surface area contributed by atoms with Gasteiger partial charge in [0.05, 0.1) is 0 Å². The van der Waals surface area contributed by atoms with Gasteiger partial charge in [0.15, 0.2) is 0 Å². The quantitative estimate of drug-likeness (QED) is 0.532. The predicted molar refractivity (Wildman–Crippen MR) is 38.1 cm³/mol. The highest BCUT2D eigenvalue weighted by atomic mass is 35.5. The van der Waals surface area contributed by atoms with E-state index in [1.807, 2.05) is 0 Å². The third-order valence-corrected chi connectivity index (χ3v) is 1.55. The maximum Gasteiger partial charge on any atom is 0.573 e. The van der Waals surface area contributed by atoms with Gasteiger partial charge < -0.3 is 4.74 Å². The molecule has 0 aliphatic rings. The van der Waals surface area contributed by atoms with Crippen LogP contribution >= 0.6 is 11.6 Å². The molecule has 0 N–H and O–H groups in total. The molecule has 1 nitrogen and oxygen atoms in total. The summed E-state index contributed by atoms with van der Waals surface area (Å²) < 4.78 is 63.3. The van der Waals surface area contributed by atoms with Crippen molar-refractivity contribution in [1.82, 2.24) is 0 Å². The number of hydrogen-bond donors (Lipinski definition) is 0. The van der Waals surface area contributed by atoms with E-state index in [2.05, 4.69) is 4.74 Å². The van der Waals surface area contributed by atoms with Gasteiger partial charge in [0.25, 0.3) is 0 Å². The van der Waals surface area contributed by atoms with Crippen molar-refractivity contribution in [3.63, 3.8) is 0 Å². The second kappa shape index (κ2) is 3.61. The van der Waals surface area contributed by atoms with Crippen LogP contribution in [0.4, 0.5) is 22.0 Å².